The number of rotatable bonds is 3. The molecule has 0 aliphatic carbocycles. The molecule has 96 valence electrons. The highest BCUT2D eigenvalue weighted by molar-refractivity contribution is 7.11. The van der Waals surface area contributed by atoms with Crippen LogP contribution >= 0.6 is 11.3 Å². The largest absolute Gasteiger partial charge is 0.311 e. The van der Waals surface area contributed by atoms with Crippen LogP contribution in [0.25, 0.3) is 0 Å². The maximum absolute atomic E-state index is 4.49. The van der Waals surface area contributed by atoms with Crippen LogP contribution in [-0.2, 0) is 6.54 Å². The van der Waals surface area contributed by atoms with Gasteiger partial charge in [-0.1, -0.05) is 13.8 Å². The van der Waals surface area contributed by atoms with E-state index in [1.165, 1.54) is 9.88 Å². The molecule has 0 aromatic carbocycles. The van der Waals surface area contributed by atoms with E-state index < -0.39 is 0 Å². The molecule has 0 saturated carbocycles. The number of thiazole rings is 1. The van der Waals surface area contributed by atoms with Crippen molar-refractivity contribution in [2.75, 3.05) is 13.1 Å². The predicted octanol–water partition coefficient (Wildman–Crippen LogP) is 2.27. The Bertz CT molecular complexity index is 361. The summed E-state index contributed by atoms with van der Waals surface area (Å²) >= 11 is 1.82. The van der Waals surface area contributed by atoms with Gasteiger partial charge in [0.1, 0.15) is 5.01 Å². The molecule has 3 nitrogen and oxygen atoms in total. The SMILES string of the molecule is Cc1cnc(CN2CC(C)NCC2C(C)C)s1. The molecule has 1 saturated heterocycles. The third kappa shape index (κ3) is 3.27. The Hall–Kier alpha value is -0.450. The van der Waals surface area contributed by atoms with E-state index >= 15 is 0 Å². The molecule has 2 atom stereocenters. The van der Waals surface area contributed by atoms with Gasteiger partial charge in [0.05, 0.1) is 6.54 Å². The summed E-state index contributed by atoms with van der Waals surface area (Å²) in [5.74, 6) is 0.691. The summed E-state index contributed by atoms with van der Waals surface area (Å²) in [7, 11) is 0. The number of aromatic nitrogens is 1. The van der Waals surface area contributed by atoms with Gasteiger partial charge in [-0.15, -0.1) is 11.3 Å². The molecule has 0 bridgehead atoms. The zero-order chi connectivity index (χ0) is 12.4. The standard InChI is InChI=1S/C13H23N3S/c1-9(2)12-6-14-10(3)7-16(12)8-13-15-5-11(4)17-13/h5,9-10,12,14H,6-8H2,1-4H3. The molecular formula is C13H23N3S. The summed E-state index contributed by atoms with van der Waals surface area (Å²) in [6.07, 6.45) is 1.98. The Morgan fingerprint density at radius 1 is 1.59 bits per heavy atom. The Balaban J connectivity index is 2.04. The van der Waals surface area contributed by atoms with Gasteiger partial charge >= 0.3 is 0 Å². The fourth-order valence-electron chi connectivity index (χ4n) is 2.49. The molecule has 0 amide bonds. The summed E-state index contributed by atoms with van der Waals surface area (Å²) in [6.45, 7) is 12.2. The predicted molar refractivity (Wildman–Crippen MR) is 73.4 cm³/mol. The van der Waals surface area contributed by atoms with Crippen molar-refractivity contribution in [1.82, 2.24) is 15.2 Å². The zero-order valence-electron chi connectivity index (χ0n) is 11.2. The average Bonchev–Trinajstić information content (AvgIpc) is 2.63. The molecule has 2 rings (SSSR count). The Kier molecular flexibility index (Phi) is 4.17. The van der Waals surface area contributed by atoms with Crippen molar-refractivity contribution in [2.24, 2.45) is 5.92 Å². The van der Waals surface area contributed by atoms with E-state index in [9.17, 15) is 0 Å². The third-order valence-corrected chi connectivity index (χ3v) is 4.33. The summed E-state index contributed by atoms with van der Waals surface area (Å²) in [5.41, 5.74) is 0. The van der Waals surface area contributed by atoms with Crippen LogP contribution in [0.15, 0.2) is 6.20 Å². The number of nitrogens with one attached hydrogen (secondary N) is 1. The van der Waals surface area contributed by atoms with Crippen LogP contribution < -0.4 is 5.32 Å². The minimum atomic E-state index is 0.589. The van der Waals surface area contributed by atoms with Crippen LogP contribution in [0, 0.1) is 12.8 Å². The van der Waals surface area contributed by atoms with Crippen molar-refractivity contribution in [2.45, 2.75) is 46.3 Å². The number of aryl methyl sites for hydroxylation is 1. The normalized spacial score (nSPS) is 26.6. The van der Waals surface area contributed by atoms with Crippen molar-refractivity contribution in [3.8, 4) is 0 Å². The van der Waals surface area contributed by atoms with Crippen molar-refractivity contribution in [1.29, 1.82) is 0 Å². The summed E-state index contributed by atoms with van der Waals surface area (Å²) in [6, 6.07) is 1.22. The first kappa shape index (κ1) is 13.0. The van der Waals surface area contributed by atoms with Crippen LogP contribution in [0.4, 0.5) is 0 Å². The summed E-state index contributed by atoms with van der Waals surface area (Å²) in [5, 5.41) is 4.83. The Labute approximate surface area is 108 Å². The zero-order valence-corrected chi connectivity index (χ0v) is 12.0. The number of piperazine rings is 1. The maximum Gasteiger partial charge on any atom is 0.107 e. The monoisotopic (exact) mass is 253 g/mol. The van der Waals surface area contributed by atoms with Gasteiger partial charge < -0.3 is 5.32 Å². The number of nitrogens with zero attached hydrogens (tertiary/aromatic N) is 2. The fourth-order valence-corrected chi connectivity index (χ4v) is 3.30. The van der Waals surface area contributed by atoms with E-state index in [2.05, 4.69) is 42.9 Å². The van der Waals surface area contributed by atoms with Gasteiger partial charge in [-0.2, -0.15) is 0 Å². The minimum Gasteiger partial charge on any atom is -0.311 e. The van der Waals surface area contributed by atoms with Crippen LogP contribution in [0.3, 0.4) is 0 Å². The highest BCUT2D eigenvalue weighted by Gasteiger charge is 2.28. The topological polar surface area (TPSA) is 28.2 Å². The van der Waals surface area contributed by atoms with Crippen molar-refractivity contribution < 1.29 is 0 Å². The molecule has 2 heterocycles. The van der Waals surface area contributed by atoms with Crippen LogP contribution in [0.2, 0.25) is 0 Å². The van der Waals surface area contributed by atoms with Crippen molar-refractivity contribution in [3.05, 3.63) is 16.1 Å². The first-order chi connectivity index (χ1) is 8.06. The summed E-state index contributed by atoms with van der Waals surface area (Å²) < 4.78 is 0. The van der Waals surface area contributed by atoms with Crippen LogP contribution in [-0.4, -0.2) is 35.1 Å². The lowest BCUT2D eigenvalue weighted by atomic mass is 9.99. The van der Waals surface area contributed by atoms with E-state index in [-0.39, 0.29) is 0 Å². The van der Waals surface area contributed by atoms with Gasteiger partial charge in [0.2, 0.25) is 0 Å². The second-order valence-corrected chi connectivity index (χ2v) is 6.73. The lowest BCUT2D eigenvalue weighted by Crippen LogP contribution is -2.56. The van der Waals surface area contributed by atoms with Gasteiger partial charge in [0, 0.05) is 36.2 Å². The van der Waals surface area contributed by atoms with Crippen molar-refractivity contribution >= 4 is 11.3 Å². The smallest absolute Gasteiger partial charge is 0.107 e. The second kappa shape index (κ2) is 5.46. The molecule has 0 spiro atoms. The highest BCUT2D eigenvalue weighted by Crippen LogP contribution is 2.20. The Morgan fingerprint density at radius 3 is 2.94 bits per heavy atom. The fraction of sp³-hybridized carbons (Fsp3) is 0.769. The van der Waals surface area contributed by atoms with Crippen LogP contribution in [0.1, 0.15) is 30.7 Å². The minimum absolute atomic E-state index is 0.589. The first-order valence-corrected chi connectivity index (χ1v) is 7.26. The molecule has 1 aromatic rings. The molecular weight excluding hydrogens is 230 g/mol. The second-order valence-electron chi connectivity index (χ2n) is 5.41. The molecule has 0 radical (unpaired) electrons. The van der Waals surface area contributed by atoms with E-state index in [0.717, 1.165) is 19.6 Å². The molecule has 1 aliphatic rings. The Morgan fingerprint density at radius 2 is 2.35 bits per heavy atom. The summed E-state index contributed by atoms with van der Waals surface area (Å²) in [4.78, 5) is 8.38. The molecule has 1 aromatic heterocycles. The van der Waals surface area contributed by atoms with Gasteiger partial charge in [-0.25, -0.2) is 4.98 Å². The first-order valence-electron chi connectivity index (χ1n) is 6.45. The molecule has 1 aliphatic heterocycles. The van der Waals surface area contributed by atoms with Gasteiger partial charge in [0.15, 0.2) is 0 Å². The lowest BCUT2D eigenvalue weighted by molar-refractivity contribution is 0.0955. The molecule has 2 unspecified atom stereocenters. The van der Waals surface area contributed by atoms with Crippen LogP contribution in [0.5, 0.6) is 0 Å². The van der Waals surface area contributed by atoms with Crippen molar-refractivity contribution in [3.63, 3.8) is 0 Å². The lowest BCUT2D eigenvalue weighted by Gasteiger charge is -2.41. The van der Waals surface area contributed by atoms with Gasteiger partial charge in [0.25, 0.3) is 0 Å². The molecule has 1 N–H and O–H groups in total. The quantitative estimate of drug-likeness (QED) is 0.895. The van der Waals surface area contributed by atoms with E-state index in [1.54, 1.807) is 0 Å². The number of hydrogen-bond donors (Lipinski definition) is 1. The van der Waals surface area contributed by atoms with E-state index in [4.69, 9.17) is 0 Å². The molecule has 17 heavy (non-hydrogen) atoms. The maximum atomic E-state index is 4.49. The molecule has 1 fully saturated rings. The number of hydrogen-bond acceptors (Lipinski definition) is 4. The van der Waals surface area contributed by atoms with E-state index in [0.29, 0.717) is 18.0 Å². The van der Waals surface area contributed by atoms with E-state index in [1.807, 2.05) is 17.5 Å². The highest BCUT2D eigenvalue weighted by atomic mass is 32.1. The average molecular weight is 253 g/mol. The van der Waals surface area contributed by atoms with Gasteiger partial charge in [-0.3, -0.25) is 4.90 Å². The molecule has 4 heteroatoms. The third-order valence-electron chi connectivity index (χ3n) is 3.43. The van der Waals surface area contributed by atoms with Gasteiger partial charge in [-0.05, 0) is 19.8 Å².